The van der Waals surface area contributed by atoms with E-state index in [0.29, 0.717) is 6.04 Å². The Morgan fingerprint density at radius 1 is 1.32 bits per heavy atom. The molecule has 1 atom stereocenters. The first kappa shape index (κ1) is 17.1. The first-order valence-electron chi connectivity index (χ1n) is 7.96. The zero-order valence-electron chi connectivity index (χ0n) is 13.8. The maximum Gasteiger partial charge on any atom is 0.191 e. The topological polar surface area (TPSA) is 39.7 Å². The molecule has 0 amide bonds. The molecule has 2 rings (SSSR count). The minimum absolute atomic E-state index is 0.585. The molecule has 1 saturated carbocycles. The molecule has 0 heterocycles. The largest absolute Gasteiger partial charge is 0.356 e. The van der Waals surface area contributed by atoms with E-state index in [-0.39, 0.29) is 0 Å². The molecule has 1 fully saturated rings. The number of nitrogens with zero attached hydrogens (tertiary/aromatic N) is 2. The number of halogens is 1. The van der Waals surface area contributed by atoms with Gasteiger partial charge < -0.3 is 15.5 Å². The smallest absolute Gasteiger partial charge is 0.191 e. The Bertz CT molecular complexity index is 495. The SMILES string of the molecule is CN=C(NCCc1ccccc1Cl)NCC(C1CC1)N(C)C. The fraction of sp³-hybridized carbons (Fsp3) is 0.588. The van der Waals surface area contributed by atoms with Crippen LogP contribution in [0.15, 0.2) is 29.3 Å². The molecular weight excluding hydrogens is 296 g/mol. The van der Waals surface area contributed by atoms with Crippen molar-refractivity contribution in [1.82, 2.24) is 15.5 Å². The lowest BCUT2D eigenvalue weighted by molar-refractivity contribution is 0.264. The maximum absolute atomic E-state index is 6.17. The van der Waals surface area contributed by atoms with Crippen molar-refractivity contribution in [3.05, 3.63) is 34.9 Å². The number of rotatable bonds is 7. The Morgan fingerprint density at radius 3 is 2.64 bits per heavy atom. The van der Waals surface area contributed by atoms with E-state index in [0.717, 1.165) is 42.0 Å². The fourth-order valence-corrected chi connectivity index (χ4v) is 2.92. The average Bonchev–Trinajstić information content (AvgIpc) is 3.32. The molecule has 1 aromatic rings. The van der Waals surface area contributed by atoms with Gasteiger partial charge in [-0.3, -0.25) is 4.99 Å². The highest BCUT2D eigenvalue weighted by atomic mass is 35.5. The Hall–Kier alpha value is -1.26. The highest BCUT2D eigenvalue weighted by Crippen LogP contribution is 2.34. The highest BCUT2D eigenvalue weighted by molar-refractivity contribution is 6.31. The predicted octanol–water partition coefficient (Wildman–Crippen LogP) is 2.39. The lowest BCUT2D eigenvalue weighted by Crippen LogP contribution is -2.46. The maximum atomic E-state index is 6.17. The van der Waals surface area contributed by atoms with Crippen molar-refractivity contribution in [2.24, 2.45) is 10.9 Å². The summed E-state index contributed by atoms with van der Waals surface area (Å²) in [5.74, 6) is 1.70. The molecule has 1 unspecified atom stereocenters. The first-order valence-corrected chi connectivity index (χ1v) is 8.34. The number of likely N-dealkylation sites (N-methyl/N-ethyl adjacent to an activating group) is 1. The summed E-state index contributed by atoms with van der Waals surface area (Å²) >= 11 is 6.17. The summed E-state index contributed by atoms with van der Waals surface area (Å²) in [4.78, 5) is 6.60. The molecule has 22 heavy (non-hydrogen) atoms. The van der Waals surface area contributed by atoms with Gasteiger partial charge in [0.1, 0.15) is 0 Å². The van der Waals surface area contributed by atoms with Crippen LogP contribution in [-0.4, -0.2) is 51.1 Å². The summed E-state index contributed by atoms with van der Waals surface area (Å²) < 4.78 is 0. The van der Waals surface area contributed by atoms with Crippen LogP contribution in [0.1, 0.15) is 18.4 Å². The number of benzene rings is 1. The van der Waals surface area contributed by atoms with Gasteiger partial charge in [0.15, 0.2) is 5.96 Å². The molecule has 4 nitrogen and oxygen atoms in total. The second-order valence-corrected chi connectivity index (χ2v) is 6.50. The zero-order valence-corrected chi connectivity index (χ0v) is 14.5. The van der Waals surface area contributed by atoms with Crippen molar-refractivity contribution in [1.29, 1.82) is 0 Å². The Morgan fingerprint density at radius 2 is 2.05 bits per heavy atom. The molecule has 1 aliphatic carbocycles. The van der Waals surface area contributed by atoms with Crippen LogP contribution in [0.3, 0.4) is 0 Å². The van der Waals surface area contributed by atoms with Gasteiger partial charge in [-0.2, -0.15) is 0 Å². The van der Waals surface area contributed by atoms with Crippen molar-refractivity contribution in [2.45, 2.75) is 25.3 Å². The van der Waals surface area contributed by atoms with E-state index >= 15 is 0 Å². The zero-order chi connectivity index (χ0) is 15.9. The number of aliphatic imine (C=N–C) groups is 1. The molecule has 1 aliphatic rings. The van der Waals surface area contributed by atoms with Gasteiger partial charge in [0, 0.05) is 31.2 Å². The normalized spacial score (nSPS) is 16.7. The Kier molecular flexibility index (Phi) is 6.52. The fourth-order valence-electron chi connectivity index (χ4n) is 2.69. The third-order valence-corrected chi connectivity index (χ3v) is 4.55. The van der Waals surface area contributed by atoms with Gasteiger partial charge in [0.05, 0.1) is 0 Å². The molecule has 5 heteroatoms. The van der Waals surface area contributed by atoms with E-state index in [2.05, 4.69) is 40.7 Å². The highest BCUT2D eigenvalue weighted by Gasteiger charge is 2.32. The molecule has 0 spiro atoms. The summed E-state index contributed by atoms with van der Waals surface area (Å²) in [6, 6.07) is 8.56. The van der Waals surface area contributed by atoms with Gasteiger partial charge in [-0.1, -0.05) is 29.8 Å². The lowest BCUT2D eigenvalue weighted by Gasteiger charge is -2.25. The van der Waals surface area contributed by atoms with Crippen molar-refractivity contribution in [2.75, 3.05) is 34.2 Å². The molecule has 0 aromatic heterocycles. The van der Waals surface area contributed by atoms with Crippen LogP contribution >= 0.6 is 11.6 Å². The van der Waals surface area contributed by atoms with Gasteiger partial charge in [-0.15, -0.1) is 0 Å². The standard InChI is InChI=1S/C17H27ClN4/c1-19-17(21-12-16(22(2)3)14-8-9-14)20-11-10-13-6-4-5-7-15(13)18/h4-7,14,16H,8-12H2,1-3H3,(H2,19,20,21). The van der Waals surface area contributed by atoms with Crippen LogP contribution < -0.4 is 10.6 Å². The van der Waals surface area contributed by atoms with Crippen molar-refractivity contribution in [3.8, 4) is 0 Å². The summed E-state index contributed by atoms with van der Waals surface area (Å²) in [7, 11) is 6.11. The molecular formula is C17H27ClN4. The third-order valence-electron chi connectivity index (χ3n) is 4.18. The molecule has 0 radical (unpaired) electrons. The monoisotopic (exact) mass is 322 g/mol. The van der Waals surface area contributed by atoms with Crippen molar-refractivity contribution < 1.29 is 0 Å². The van der Waals surface area contributed by atoms with Gasteiger partial charge in [0.25, 0.3) is 0 Å². The summed E-state index contributed by atoms with van der Waals surface area (Å²) in [5.41, 5.74) is 1.16. The number of hydrogen-bond donors (Lipinski definition) is 2. The summed E-state index contributed by atoms with van der Waals surface area (Å²) in [5, 5.41) is 7.63. The Labute approximate surface area is 138 Å². The molecule has 0 saturated heterocycles. The first-order chi connectivity index (χ1) is 10.6. The second kappa shape index (κ2) is 8.39. The summed E-state index contributed by atoms with van der Waals surface area (Å²) in [6.07, 6.45) is 3.59. The molecule has 122 valence electrons. The minimum Gasteiger partial charge on any atom is -0.356 e. The summed E-state index contributed by atoms with van der Waals surface area (Å²) in [6.45, 7) is 1.75. The predicted molar refractivity (Wildman–Crippen MR) is 94.7 cm³/mol. The number of hydrogen-bond acceptors (Lipinski definition) is 2. The lowest BCUT2D eigenvalue weighted by atomic mass is 10.1. The van der Waals surface area contributed by atoms with Crippen LogP contribution in [0, 0.1) is 5.92 Å². The number of nitrogens with one attached hydrogen (secondary N) is 2. The van der Waals surface area contributed by atoms with E-state index in [1.165, 1.54) is 12.8 Å². The molecule has 0 aliphatic heterocycles. The van der Waals surface area contributed by atoms with E-state index in [1.54, 1.807) is 0 Å². The minimum atomic E-state index is 0.585. The van der Waals surface area contributed by atoms with E-state index in [1.807, 2.05) is 25.2 Å². The molecule has 2 N–H and O–H groups in total. The van der Waals surface area contributed by atoms with Crippen molar-refractivity contribution in [3.63, 3.8) is 0 Å². The van der Waals surface area contributed by atoms with E-state index in [9.17, 15) is 0 Å². The Balaban J connectivity index is 1.74. The van der Waals surface area contributed by atoms with Gasteiger partial charge >= 0.3 is 0 Å². The van der Waals surface area contributed by atoms with Gasteiger partial charge in [-0.25, -0.2) is 0 Å². The van der Waals surface area contributed by atoms with Crippen LogP contribution in [0.2, 0.25) is 5.02 Å². The van der Waals surface area contributed by atoms with Crippen molar-refractivity contribution >= 4 is 17.6 Å². The van der Waals surface area contributed by atoms with E-state index in [4.69, 9.17) is 11.6 Å². The third kappa shape index (κ3) is 5.18. The molecule has 0 bridgehead atoms. The van der Waals surface area contributed by atoms with Crippen LogP contribution in [-0.2, 0) is 6.42 Å². The van der Waals surface area contributed by atoms with E-state index < -0.39 is 0 Å². The van der Waals surface area contributed by atoms with Crippen LogP contribution in [0.5, 0.6) is 0 Å². The van der Waals surface area contributed by atoms with Gasteiger partial charge in [-0.05, 0) is 50.9 Å². The van der Waals surface area contributed by atoms with Crippen LogP contribution in [0.4, 0.5) is 0 Å². The van der Waals surface area contributed by atoms with Crippen LogP contribution in [0.25, 0.3) is 0 Å². The van der Waals surface area contributed by atoms with Gasteiger partial charge in [0.2, 0.25) is 0 Å². The average molecular weight is 323 g/mol. The quantitative estimate of drug-likeness (QED) is 0.598. The second-order valence-electron chi connectivity index (χ2n) is 6.09. The molecule has 1 aromatic carbocycles. The number of guanidine groups is 1.